The average Bonchev–Trinajstić information content (AvgIpc) is 1.84. The van der Waals surface area contributed by atoms with Gasteiger partial charge >= 0.3 is 0 Å². The summed E-state index contributed by atoms with van der Waals surface area (Å²) in [5, 5.41) is 8.01. The molecule has 0 aromatic heterocycles. The highest BCUT2D eigenvalue weighted by atomic mass is 19.1. The van der Waals surface area contributed by atoms with E-state index < -0.39 is 5.83 Å². The Kier molecular flexibility index (Phi) is 2.57. The minimum Gasteiger partial charge on any atom is -0.206 e. The average molecular weight is 111 g/mol. The van der Waals surface area contributed by atoms with Gasteiger partial charge < -0.3 is 0 Å². The molecule has 0 saturated heterocycles. The summed E-state index contributed by atoms with van der Waals surface area (Å²) in [6.07, 6.45) is 1.20. The Hall–Kier alpha value is -1.10. The minimum atomic E-state index is -0.549. The molecule has 0 aliphatic carbocycles. The highest BCUT2D eigenvalue weighted by Gasteiger charge is 1.94. The van der Waals surface area contributed by atoms with Crippen molar-refractivity contribution in [2.75, 3.05) is 0 Å². The molecule has 0 atom stereocenters. The zero-order valence-corrected chi connectivity index (χ0v) is 4.61. The summed E-state index contributed by atoms with van der Waals surface area (Å²) in [7, 11) is 0. The van der Waals surface area contributed by atoms with E-state index in [1.165, 1.54) is 13.0 Å². The zero-order chi connectivity index (χ0) is 6.57. The third kappa shape index (κ3) is 1.57. The van der Waals surface area contributed by atoms with Crippen molar-refractivity contribution in [1.29, 1.82) is 5.26 Å². The third-order valence-corrected chi connectivity index (χ3v) is 0.677. The molecule has 42 valence electrons. The molecule has 0 spiro atoms. The van der Waals surface area contributed by atoms with Gasteiger partial charge in [-0.25, -0.2) is 4.39 Å². The minimum absolute atomic E-state index is 0.118. The van der Waals surface area contributed by atoms with Crippen LogP contribution in [0.2, 0.25) is 0 Å². The van der Waals surface area contributed by atoms with Crippen LogP contribution >= 0.6 is 0 Å². The molecular formula is C6H6FN. The number of rotatable bonds is 1. The molecule has 0 saturated carbocycles. The maximum atomic E-state index is 12.1. The van der Waals surface area contributed by atoms with Crippen LogP contribution in [0.25, 0.3) is 0 Å². The molecule has 1 nitrogen and oxygen atoms in total. The topological polar surface area (TPSA) is 23.8 Å². The van der Waals surface area contributed by atoms with Crippen molar-refractivity contribution in [3.63, 3.8) is 0 Å². The number of hydrogen-bond acceptors (Lipinski definition) is 1. The van der Waals surface area contributed by atoms with Gasteiger partial charge in [0.05, 0.1) is 5.57 Å². The van der Waals surface area contributed by atoms with Gasteiger partial charge in [0.2, 0.25) is 0 Å². The molecule has 0 aromatic rings. The molecule has 0 amide bonds. The van der Waals surface area contributed by atoms with Gasteiger partial charge in [-0.15, -0.1) is 0 Å². The molecular weight excluding hydrogens is 105 g/mol. The van der Waals surface area contributed by atoms with E-state index in [0.717, 1.165) is 0 Å². The molecule has 8 heavy (non-hydrogen) atoms. The van der Waals surface area contributed by atoms with E-state index in [-0.39, 0.29) is 5.57 Å². The Balaban J connectivity index is 4.10. The van der Waals surface area contributed by atoms with Crippen molar-refractivity contribution in [3.05, 3.63) is 24.1 Å². The predicted molar refractivity (Wildman–Crippen MR) is 29.6 cm³/mol. The lowest BCUT2D eigenvalue weighted by Gasteiger charge is -1.83. The number of halogens is 1. The first kappa shape index (κ1) is 6.90. The fourth-order valence-corrected chi connectivity index (χ4v) is 0.228. The Labute approximate surface area is 47.7 Å². The lowest BCUT2D eigenvalue weighted by Crippen LogP contribution is -1.72. The molecule has 0 unspecified atom stereocenters. The Morgan fingerprint density at radius 3 is 2.50 bits per heavy atom. The smallest absolute Gasteiger partial charge is 0.136 e. The maximum Gasteiger partial charge on any atom is 0.136 e. The summed E-state index contributed by atoms with van der Waals surface area (Å²) in [5.41, 5.74) is -0.118. The Bertz CT molecular complexity index is 162. The first-order valence-electron chi connectivity index (χ1n) is 2.13. The molecule has 0 heterocycles. The summed E-state index contributed by atoms with van der Waals surface area (Å²) < 4.78 is 12.1. The highest BCUT2D eigenvalue weighted by Crippen LogP contribution is 2.05. The van der Waals surface area contributed by atoms with Crippen molar-refractivity contribution < 1.29 is 4.39 Å². The molecule has 2 heteroatoms. The third-order valence-electron chi connectivity index (χ3n) is 0.677. The second kappa shape index (κ2) is 2.98. The van der Waals surface area contributed by atoms with Crippen LogP contribution in [0.3, 0.4) is 0 Å². The van der Waals surface area contributed by atoms with E-state index in [1.54, 1.807) is 6.07 Å². The van der Waals surface area contributed by atoms with Crippen molar-refractivity contribution >= 4 is 0 Å². The SMILES string of the molecule is C=C(C#N)/C(F)=C\C. The molecule has 0 bridgehead atoms. The van der Waals surface area contributed by atoms with Crippen molar-refractivity contribution in [2.45, 2.75) is 6.92 Å². The van der Waals surface area contributed by atoms with Crippen LogP contribution in [0.15, 0.2) is 24.1 Å². The van der Waals surface area contributed by atoms with Crippen molar-refractivity contribution in [2.24, 2.45) is 0 Å². The van der Waals surface area contributed by atoms with Gasteiger partial charge in [0, 0.05) is 0 Å². The van der Waals surface area contributed by atoms with E-state index in [9.17, 15) is 4.39 Å². The summed E-state index contributed by atoms with van der Waals surface area (Å²) in [6.45, 7) is 4.65. The normalized spacial score (nSPS) is 10.4. The Morgan fingerprint density at radius 1 is 1.88 bits per heavy atom. The fourth-order valence-electron chi connectivity index (χ4n) is 0.228. The number of nitriles is 1. The van der Waals surface area contributed by atoms with E-state index in [2.05, 4.69) is 6.58 Å². The second-order valence-corrected chi connectivity index (χ2v) is 1.23. The maximum absolute atomic E-state index is 12.1. The monoisotopic (exact) mass is 111 g/mol. The quantitative estimate of drug-likeness (QED) is 0.374. The molecule has 0 radical (unpaired) electrons. The van der Waals surface area contributed by atoms with Gasteiger partial charge in [-0.3, -0.25) is 0 Å². The molecule has 0 aliphatic heterocycles. The lowest BCUT2D eigenvalue weighted by molar-refractivity contribution is 0.657. The van der Waals surface area contributed by atoms with Crippen LogP contribution in [0.1, 0.15) is 6.92 Å². The molecule has 0 fully saturated rings. The van der Waals surface area contributed by atoms with Crippen molar-refractivity contribution in [1.82, 2.24) is 0 Å². The van der Waals surface area contributed by atoms with Gasteiger partial charge in [0.1, 0.15) is 11.9 Å². The molecule has 0 aliphatic rings. The first-order valence-corrected chi connectivity index (χ1v) is 2.13. The van der Waals surface area contributed by atoms with E-state index in [1.807, 2.05) is 0 Å². The van der Waals surface area contributed by atoms with Crippen molar-refractivity contribution in [3.8, 4) is 6.07 Å². The van der Waals surface area contributed by atoms with Crippen LogP contribution in [0, 0.1) is 11.3 Å². The molecule has 0 aromatic carbocycles. The summed E-state index contributed by atoms with van der Waals surface area (Å²) >= 11 is 0. The van der Waals surface area contributed by atoms with Crippen LogP contribution in [-0.4, -0.2) is 0 Å². The fraction of sp³-hybridized carbons (Fsp3) is 0.167. The van der Waals surface area contributed by atoms with E-state index in [0.29, 0.717) is 0 Å². The van der Waals surface area contributed by atoms with E-state index >= 15 is 0 Å². The van der Waals surface area contributed by atoms with Gasteiger partial charge in [0.25, 0.3) is 0 Å². The van der Waals surface area contributed by atoms with E-state index in [4.69, 9.17) is 5.26 Å². The summed E-state index contributed by atoms with van der Waals surface area (Å²) in [5.74, 6) is -0.549. The van der Waals surface area contributed by atoms with Gasteiger partial charge in [0.15, 0.2) is 0 Å². The highest BCUT2D eigenvalue weighted by molar-refractivity contribution is 5.34. The lowest BCUT2D eigenvalue weighted by atomic mass is 10.3. The molecule has 0 N–H and O–H groups in total. The number of hydrogen-bond donors (Lipinski definition) is 0. The summed E-state index contributed by atoms with van der Waals surface area (Å²) in [4.78, 5) is 0. The molecule has 0 rings (SSSR count). The number of allylic oxidation sites excluding steroid dienone is 3. The van der Waals surface area contributed by atoms with Gasteiger partial charge in [-0.1, -0.05) is 12.7 Å². The zero-order valence-electron chi connectivity index (χ0n) is 4.61. The summed E-state index contributed by atoms with van der Waals surface area (Å²) in [6, 6.07) is 1.58. The van der Waals surface area contributed by atoms with Crippen LogP contribution in [-0.2, 0) is 0 Å². The number of nitrogens with zero attached hydrogens (tertiary/aromatic N) is 1. The second-order valence-electron chi connectivity index (χ2n) is 1.23. The van der Waals surface area contributed by atoms with Gasteiger partial charge in [-0.2, -0.15) is 5.26 Å². The standard InChI is InChI=1S/C6H6FN/c1-3-6(7)5(2)4-8/h3H,2H2,1H3/b6-3+. The largest absolute Gasteiger partial charge is 0.206 e. The first-order chi connectivity index (χ1) is 3.72. The predicted octanol–water partition coefficient (Wildman–Crippen LogP) is 1.94. The van der Waals surface area contributed by atoms with Crippen LogP contribution in [0.4, 0.5) is 4.39 Å². The van der Waals surface area contributed by atoms with Crippen LogP contribution in [0.5, 0.6) is 0 Å². The van der Waals surface area contributed by atoms with Crippen LogP contribution < -0.4 is 0 Å². The Morgan fingerprint density at radius 2 is 2.38 bits per heavy atom. The van der Waals surface area contributed by atoms with Gasteiger partial charge in [-0.05, 0) is 6.92 Å².